The van der Waals surface area contributed by atoms with E-state index >= 15 is 0 Å². The van der Waals surface area contributed by atoms with E-state index in [1.54, 1.807) is 12.1 Å². The van der Waals surface area contributed by atoms with Crippen LogP contribution in [0.3, 0.4) is 0 Å². The molecule has 5 nitrogen and oxygen atoms in total. The number of oxazole rings is 1. The molecule has 0 saturated heterocycles. The zero-order valence-corrected chi connectivity index (χ0v) is 21.8. The number of hydrogen-bond acceptors (Lipinski definition) is 5. The van der Waals surface area contributed by atoms with Gasteiger partial charge in [-0.15, -0.1) is 0 Å². The third kappa shape index (κ3) is 4.15. The fraction of sp³-hybridized carbons (Fsp3) is 0.0303. The third-order valence-electron chi connectivity index (χ3n) is 7.05. The van der Waals surface area contributed by atoms with Crippen LogP contribution < -0.4 is 0 Å². The molecular formula is C33H22N2O3S. The third-order valence-corrected chi connectivity index (χ3v) is 8.16. The van der Waals surface area contributed by atoms with Crippen molar-refractivity contribution >= 4 is 42.5 Å². The van der Waals surface area contributed by atoms with Gasteiger partial charge in [-0.2, -0.15) is 0 Å². The monoisotopic (exact) mass is 526 g/mol. The summed E-state index contributed by atoms with van der Waals surface area (Å²) in [4.78, 5) is 9.44. The maximum atomic E-state index is 12.1. The summed E-state index contributed by atoms with van der Waals surface area (Å²) in [6, 6.07) is 33.9. The smallest absolute Gasteiger partial charge is 0.227 e. The lowest BCUT2D eigenvalue weighted by molar-refractivity contribution is 0.599. The molecule has 5 aromatic carbocycles. The van der Waals surface area contributed by atoms with Crippen LogP contribution in [0.1, 0.15) is 0 Å². The lowest BCUT2D eigenvalue weighted by atomic mass is 9.92. The maximum Gasteiger partial charge on any atom is 0.227 e. The Kier molecular flexibility index (Phi) is 5.32. The number of sulfone groups is 1. The molecule has 0 aliphatic heterocycles. The molecule has 7 rings (SSSR count). The number of benzene rings is 5. The van der Waals surface area contributed by atoms with Crippen molar-refractivity contribution in [3.05, 3.63) is 116 Å². The van der Waals surface area contributed by atoms with Crippen LogP contribution in [0.25, 0.3) is 66.4 Å². The highest BCUT2D eigenvalue weighted by atomic mass is 32.2. The van der Waals surface area contributed by atoms with E-state index < -0.39 is 9.84 Å². The van der Waals surface area contributed by atoms with Crippen LogP contribution in [-0.2, 0) is 9.84 Å². The van der Waals surface area contributed by atoms with E-state index in [9.17, 15) is 8.42 Å². The van der Waals surface area contributed by atoms with E-state index in [-0.39, 0.29) is 4.90 Å². The minimum Gasteiger partial charge on any atom is -0.436 e. The molecule has 0 saturated carbocycles. The van der Waals surface area contributed by atoms with Gasteiger partial charge in [-0.3, -0.25) is 4.98 Å². The molecule has 2 heterocycles. The normalized spacial score (nSPS) is 11.9. The first-order valence-corrected chi connectivity index (χ1v) is 14.4. The van der Waals surface area contributed by atoms with Gasteiger partial charge >= 0.3 is 0 Å². The Balaban J connectivity index is 1.49. The SMILES string of the molecule is CS(=O)(=O)c1ccc2nc(-c3cc(-c4cccc5ccccc45)cc(-c4cncc5ccccc45)c3)oc2c1. The molecule has 0 bridgehead atoms. The summed E-state index contributed by atoms with van der Waals surface area (Å²) in [7, 11) is -3.37. The second kappa shape index (κ2) is 8.89. The van der Waals surface area contributed by atoms with Crippen molar-refractivity contribution in [2.24, 2.45) is 0 Å². The van der Waals surface area contributed by atoms with E-state index in [4.69, 9.17) is 9.40 Å². The van der Waals surface area contributed by atoms with Gasteiger partial charge in [0.05, 0.1) is 4.90 Å². The zero-order chi connectivity index (χ0) is 26.6. The van der Waals surface area contributed by atoms with Gasteiger partial charge in [-0.05, 0) is 63.2 Å². The summed E-state index contributed by atoms with van der Waals surface area (Å²) in [6.07, 6.45) is 4.94. The van der Waals surface area contributed by atoms with Crippen LogP contribution in [0.5, 0.6) is 0 Å². The van der Waals surface area contributed by atoms with Gasteiger partial charge in [0.2, 0.25) is 5.89 Å². The van der Waals surface area contributed by atoms with Crippen molar-refractivity contribution in [2.75, 3.05) is 6.26 Å². The Morgan fingerprint density at radius 1 is 0.641 bits per heavy atom. The molecule has 6 heteroatoms. The van der Waals surface area contributed by atoms with E-state index in [2.05, 4.69) is 65.6 Å². The molecule has 0 N–H and O–H groups in total. The van der Waals surface area contributed by atoms with Crippen molar-refractivity contribution in [1.82, 2.24) is 9.97 Å². The second-order valence-corrected chi connectivity index (χ2v) is 11.7. The van der Waals surface area contributed by atoms with Crippen LogP contribution in [0.4, 0.5) is 0 Å². The zero-order valence-electron chi connectivity index (χ0n) is 21.0. The highest BCUT2D eigenvalue weighted by molar-refractivity contribution is 7.90. The minimum absolute atomic E-state index is 0.199. The summed E-state index contributed by atoms with van der Waals surface area (Å²) in [6.45, 7) is 0. The number of rotatable bonds is 4. The van der Waals surface area contributed by atoms with Gasteiger partial charge < -0.3 is 4.42 Å². The number of fused-ring (bicyclic) bond motifs is 3. The lowest BCUT2D eigenvalue weighted by Gasteiger charge is -2.13. The van der Waals surface area contributed by atoms with Crippen molar-refractivity contribution in [2.45, 2.75) is 4.90 Å². The van der Waals surface area contributed by atoms with Crippen LogP contribution in [-0.4, -0.2) is 24.6 Å². The fourth-order valence-electron chi connectivity index (χ4n) is 5.14. The van der Waals surface area contributed by atoms with Gasteiger partial charge in [0.25, 0.3) is 0 Å². The molecular weight excluding hydrogens is 504 g/mol. The van der Waals surface area contributed by atoms with Gasteiger partial charge in [0.1, 0.15) is 5.52 Å². The Hall–Kier alpha value is -4.81. The molecule has 0 radical (unpaired) electrons. The van der Waals surface area contributed by atoms with E-state index in [1.165, 1.54) is 12.3 Å². The Morgan fingerprint density at radius 3 is 2.10 bits per heavy atom. The maximum absolute atomic E-state index is 12.1. The molecule has 39 heavy (non-hydrogen) atoms. The first kappa shape index (κ1) is 23.3. The van der Waals surface area contributed by atoms with E-state index in [0.717, 1.165) is 49.4 Å². The second-order valence-electron chi connectivity index (χ2n) is 9.65. The van der Waals surface area contributed by atoms with Crippen molar-refractivity contribution < 1.29 is 12.8 Å². The fourth-order valence-corrected chi connectivity index (χ4v) is 5.78. The predicted octanol–water partition coefficient (Wildman–Crippen LogP) is 7.93. The van der Waals surface area contributed by atoms with Crippen molar-refractivity contribution in [3.63, 3.8) is 0 Å². The highest BCUT2D eigenvalue weighted by Gasteiger charge is 2.16. The Morgan fingerprint density at radius 2 is 1.31 bits per heavy atom. The van der Waals surface area contributed by atoms with E-state index in [0.29, 0.717) is 17.0 Å². The number of hydrogen-bond donors (Lipinski definition) is 0. The Labute approximate surface area is 225 Å². The summed E-state index contributed by atoms with van der Waals surface area (Å²) in [5, 5.41) is 4.46. The quantitative estimate of drug-likeness (QED) is 0.233. The lowest BCUT2D eigenvalue weighted by Crippen LogP contribution is -1.95. The molecule has 0 atom stereocenters. The topological polar surface area (TPSA) is 73.1 Å². The summed E-state index contributed by atoms with van der Waals surface area (Å²) >= 11 is 0. The summed E-state index contributed by atoms with van der Waals surface area (Å²) < 4.78 is 30.4. The van der Waals surface area contributed by atoms with Crippen LogP contribution in [0.15, 0.2) is 125 Å². The van der Waals surface area contributed by atoms with Gasteiger partial charge in [0.15, 0.2) is 15.4 Å². The summed E-state index contributed by atoms with van der Waals surface area (Å²) in [5.41, 5.74) is 5.93. The molecule has 0 unspecified atom stereocenters. The molecule has 7 aromatic rings. The number of pyridine rings is 1. The van der Waals surface area contributed by atoms with Gasteiger partial charge in [-0.25, -0.2) is 13.4 Å². The average Bonchev–Trinajstić information content (AvgIpc) is 3.40. The molecule has 2 aromatic heterocycles. The number of nitrogens with zero attached hydrogens (tertiary/aromatic N) is 2. The van der Waals surface area contributed by atoms with Crippen LogP contribution >= 0.6 is 0 Å². The van der Waals surface area contributed by atoms with Gasteiger partial charge in [-0.1, -0.05) is 66.7 Å². The molecule has 0 amide bonds. The van der Waals surface area contributed by atoms with Crippen molar-refractivity contribution in [1.29, 1.82) is 0 Å². The largest absolute Gasteiger partial charge is 0.436 e. The highest BCUT2D eigenvalue weighted by Crippen LogP contribution is 2.38. The molecule has 0 aliphatic rings. The Bertz CT molecular complexity index is 2060. The first-order valence-electron chi connectivity index (χ1n) is 12.5. The molecule has 188 valence electrons. The molecule has 0 spiro atoms. The predicted molar refractivity (Wildman–Crippen MR) is 156 cm³/mol. The van der Waals surface area contributed by atoms with Crippen molar-refractivity contribution in [3.8, 4) is 33.7 Å². The first-order chi connectivity index (χ1) is 18.9. The van der Waals surface area contributed by atoms with E-state index in [1.807, 2.05) is 36.7 Å². The standard InChI is InChI=1S/C33H22N2O3S/c1-39(36,37)26-13-14-31-32(18-26)38-33(35-31)25-16-23(29-12-6-9-21-7-2-4-10-27(21)29)15-24(17-25)30-20-34-19-22-8-3-5-11-28(22)30/h2-20H,1H3. The number of aromatic nitrogens is 2. The minimum atomic E-state index is -3.37. The average molecular weight is 527 g/mol. The van der Waals surface area contributed by atoms with Crippen LogP contribution in [0.2, 0.25) is 0 Å². The molecule has 0 aliphatic carbocycles. The van der Waals surface area contributed by atoms with Crippen LogP contribution in [0, 0.1) is 0 Å². The molecule has 0 fully saturated rings. The van der Waals surface area contributed by atoms with Gasteiger partial charge in [0, 0.05) is 41.2 Å². The summed E-state index contributed by atoms with van der Waals surface area (Å²) in [5.74, 6) is 0.423.